The predicted molar refractivity (Wildman–Crippen MR) is 197 cm³/mol. The molecule has 3 fully saturated rings. The van der Waals surface area contributed by atoms with E-state index in [2.05, 4.69) is 15.4 Å². The summed E-state index contributed by atoms with van der Waals surface area (Å²) in [5.74, 6) is -2.98. The van der Waals surface area contributed by atoms with Crippen molar-refractivity contribution in [3.05, 3.63) is 65.0 Å². The Morgan fingerprint density at radius 2 is 1.67 bits per heavy atom. The Morgan fingerprint density at radius 1 is 0.964 bits per heavy atom. The van der Waals surface area contributed by atoms with E-state index in [0.717, 1.165) is 25.7 Å². The molecule has 2 aromatic rings. The number of aryl methyl sites for hydroxylation is 1. The summed E-state index contributed by atoms with van der Waals surface area (Å²) in [6.07, 6.45) is 2.07. The maximum absolute atomic E-state index is 14.5. The van der Waals surface area contributed by atoms with E-state index >= 15 is 0 Å². The van der Waals surface area contributed by atoms with Crippen molar-refractivity contribution in [1.29, 1.82) is 0 Å². The number of amides is 5. The zero-order chi connectivity index (χ0) is 39.7. The number of sulfonamides is 1. The molecule has 55 heavy (non-hydrogen) atoms. The summed E-state index contributed by atoms with van der Waals surface area (Å²) in [7, 11) is -4.30. The van der Waals surface area contributed by atoms with Gasteiger partial charge >= 0.3 is 12.2 Å². The van der Waals surface area contributed by atoms with Gasteiger partial charge in [0.25, 0.3) is 15.9 Å². The van der Waals surface area contributed by atoms with Crippen LogP contribution in [0.2, 0.25) is 0 Å². The molecule has 2 aromatic carbocycles. The summed E-state index contributed by atoms with van der Waals surface area (Å²) < 4.78 is 54.8. The molecule has 0 aromatic heterocycles. The third-order valence-corrected chi connectivity index (χ3v) is 12.3. The molecule has 0 bridgehead atoms. The number of carbonyl (C=O) groups is 5. The molecule has 2 saturated heterocycles. The minimum Gasteiger partial charge on any atom is -0.444 e. The fourth-order valence-electron chi connectivity index (χ4n) is 7.87. The second-order valence-electron chi connectivity index (χ2n) is 16.1. The van der Waals surface area contributed by atoms with Crippen LogP contribution >= 0.6 is 0 Å². The van der Waals surface area contributed by atoms with Gasteiger partial charge in [-0.15, -0.1) is 0 Å². The van der Waals surface area contributed by atoms with E-state index in [1.807, 2.05) is 0 Å². The van der Waals surface area contributed by atoms with Crippen LogP contribution in [0.5, 0.6) is 0 Å². The molecular formula is C39H50FN5O9S. The van der Waals surface area contributed by atoms with Gasteiger partial charge in [-0.3, -0.25) is 19.3 Å². The van der Waals surface area contributed by atoms with Crippen LogP contribution in [0.25, 0.3) is 0 Å². The molecule has 3 heterocycles. The fraction of sp³-hybridized carbons (Fsp3) is 0.564. The minimum absolute atomic E-state index is 0.00750. The van der Waals surface area contributed by atoms with E-state index < -0.39 is 75.1 Å². The van der Waals surface area contributed by atoms with Gasteiger partial charge in [0.1, 0.15) is 35.1 Å². The van der Waals surface area contributed by atoms with E-state index in [0.29, 0.717) is 29.5 Å². The number of benzene rings is 2. The van der Waals surface area contributed by atoms with Crippen molar-refractivity contribution in [2.45, 2.75) is 133 Å². The maximum atomic E-state index is 14.5. The Kier molecular flexibility index (Phi) is 11.5. The molecule has 0 spiro atoms. The number of halogens is 1. The first-order valence-electron chi connectivity index (χ1n) is 18.9. The first-order chi connectivity index (χ1) is 26.0. The molecule has 0 radical (unpaired) electrons. The molecule has 5 atom stereocenters. The molecule has 16 heteroatoms. The number of fused-ring (bicyclic) bond motifs is 3. The normalized spacial score (nSPS) is 26.0. The summed E-state index contributed by atoms with van der Waals surface area (Å²) in [5, 5.41) is 5.52. The molecule has 6 rings (SSSR count). The maximum Gasteiger partial charge on any atom is 0.410 e. The van der Waals surface area contributed by atoms with E-state index in [1.54, 1.807) is 58.0 Å². The summed E-state index contributed by atoms with van der Waals surface area (Å²) >= 11 is 0. The Morgan fingerprint density at radius 3 is 2.38 bits per heavy atom. The van der Waals surface area contributed by atoms with Crippen LogP contribution in [0, 0.1) is 18.7 Å². The van der Waals surface area contributed by atoms with Gasteiger partial charge in [0.2, 0.25) is 11.8 Å². The van der Waals surface area contributed by atoms with Gasteiger partial charge in [0.05, 0.1) is 18.0 Å². The topological polar surface area (TPSA) is 181 Å². The Bertz CT molecular complexity index is 1950. The van der Waals surface area contributed by atoms with Gasteiger partial charge in [0, 0.05) is 18.5 Å². The number of alkyl carbamates (subject to hydrolysis) is 1. The van der Waals surface area contributed by atoms with Crippen LogP contribution in [-0.2, 0) is 47.0 Å². The van der Waals surface area contributed by atoms with Crippen molar-refractivity contribution in [1.82, 2.24) is 25.2 Å². The Balaban J connectivity index is 1.26. The summed E-state index contributed by atoms with van der Waals surface area (Å²) in [6, 6.07) is 8.52. The van der Waals surface area contributed by atoms with Crippen LogP contribution in [0.3, 0.4) is 0 Å². The van der Waals surface area contributed by atoms with E-state index in [4.69, 9.17) is 9.47 Å². The van der Waals surface area contributed by atoms with Gasteiger partial charge in [-0.25, -0.2) is 27.1 Å². The second kappa shape index (κ2) is 15.8. The van der Waals surface area contributed by atoms with Crippen LogP contribution < -0.4 is 15.4 Å². The minimum atomic E-state index is -4.30. The highest BCUT2D eigenvalue weighted by atomic mass is 32.2. The number of hydrogen-bond donors (Lipinski definition) is 3. The molecule has 1 saturated carbocycles. The van der Waals surface area contributed by atoms with Gasteiger partial charge in [-0.05, 0) is 76.1 Å². The van der Waals surface area contributed by atoms with Gasteiger partial charge in [0.15, 0.2) is 0 Å². The zero-order valence-corrected chi connectivity index (χ0v) is 32.5. The highest BCUT2D eigenvalue weighted by Gasteiger charge is 2.62. The molecule has 14 nitrogen and oxygen atoms in total. The molecule has 5 amide bonds. The lowest BCUT2D eigenvalue weighted by atomic mass is 10.0. The van der Waals surface area contributed by atoms with Crippen LogP contribution in [0.4, 0.5) is 14.0 Å². The average Bonchev–Trinajstić information content (AvgIpc) is 3.40. The fourth-order valence-corrected chi connectivity index (χ4v) is 9.16. The van der Waals surface area contributed by atoms with Crippen molar-refractivity contribution >= 4 is 39.9 Å². The number of ether oxygens (including phenoxy) is 2. The van der Waals surface area contributed by atoms with E-state index in [9.17, 15) is 36.8 Å². The van der Waals surface area contributed by atoms with Crippen molar-refractivity contribution in [3.63, 3.8) is 0 Å². The SMILES string of the molecule is Cc1ccccc1S(=O)(=O)NC(=O)[C@@]12C[C@H]1CCCCCCC[C@H](NC(=O)OC(C)(C)C)C(=O)N1C[C@H](OC(=O)N3Cc4cccc(F)c4C3)C[C@H]1C(=O)N2. The third-order valence-electron chi connectivity index (χ3n) is 10.8. The van der Waals surface area contributed by atoms with Gasteiger partial charge < -0.3 is 25.0 Å². The zero-order valence-electron chi connectivity index (χ0n) is 31.7. The predicted octanol–water partition coefficient (Wildman–Crippen LogP) is 4.57. The van der Waals surface area contributed by atoms with Gasteiger partial charge in [-0.1, -0.05) is 62.4 Å². The van der Waals surface area contributed by atoms with Crippen LogP contribution in [-0.4, -0.2) is 84.0 Å². The molecule has 3 N–H and O–H groups in total. The largest absolute Gasteiger partial charge is 0.444 e. The number of rotatable bonds is 5. The van der Waals surface area contributed by atoms with E-state index in [-0.39, 0.29) is 49.7 Å². The summed E-state index contributed by atoms with van der Waals surface area (Å²) in [5.41, 5.74) is -0.930. The van der Waals surface area contributed by atoms with Crippen molar-refractivity contribution in [3.8, 4) is 0 Å². The molecule has 1 aliphatic carbocycles. The van der Waals surface area contributed by atoms with Crippen molar-refractivity contribution in [2.75, 3.05) is 6.54 Å². The summed E-state index contributed by atoms with van der Waals surface area (Å²) in [4.78, 5) is 71.6. The van der Waals surface area contributed by atoms with E-state index in [1.165, 1.54) is 21.9 Å². The smallest absolute Gasteiger partial charge is 0.410 e. The third kappa shape index (κ3) is 9.05. The Hall–Kier alpha value is -4.73. The molecular weight excluding hydrogens is 734 g/mol. The average molecular weight is 784 g/mol. The Labute approximate surface area is 320 Å². The lowest BCUT2D eigenvalue weighted by Crippen LogP contribution is -2.58. The lowest BCUT2D eigenvalue weighted by Gasteiger charge is -2.30. The van der Waals surface area contributed by atoms with Crippen LogP contribution in [0.15, 0.2) is 47.4 Å². The van der Waals surface area contributed by atoms with Crippen LogP contribution in [0.1, 0.15) is 95.2 Å². The standard InChI is InChI=1S/C39H50FN5O9S/c1-24-13-10-11-18-32(24)55(51,52)43-35(48)39-20-26(39)15-8-6-5-7-9-17-30(41-36(49)54-38(2,3)4)34(47)45-22-27(19-31(45)33(46)42-39)53-37(50)44-21-25-14-12-16-29(40)28(25)23-44/h10-14,16,18,26-27,30-31H,5-9,15,17,19-23H2,1-4H3,(H,41,49)(H,42,46)(H,43,48)/t26-,27-,30+,31+,39-/m1/s1. The number of nitrogens with one attached hydrogen (secondary N) is 3. The lowest BCUT2D eigenvalue weighted by molar-refractivity contribution is -0.141. The van der Waals surface area contributed by atoms with Crippen molar-refractivity contribution in [2.24, 2.45) is 5.92 Å². The molecule has 0 unspecified atom stereocenters. The number of nitrogens with zero attached hydrogens (tertiary/aromatic N) is 2. The molecule has 4 aliphatic rings. The first-order valence-corrected chi connectivity index (χ1v) is 20.4. The quantitative estimate of drug-likeness (QED) is 0.392. The molecule has 298 valence electrons. The second-order valence-corrected chi connectivity index (χ2v) is 17.7. The monoisotopic (exact) mass is 783 g/mol. The number of hydrogen-bond acceptors (Lipinski definition) is 9. The highest BCUT2D eigenvalue weighted by molar-refractivity contribution is 7.90. The summed E-state index contributed by atoms with van der Waals surface area (Å²) in [6.45, 7) is 6.62. The van der Waals surface area contributed by atoms with Crippen molar-refractivity contribution < 1.29 is 46.3 Å². The highest BCUT2D eigenvalue weighted by Crippen LogP contribution is 2.48. The molecule has 3 aliphatic heterocycles. The number of carbonyl (C=O) groups excluding carboxylic acids is 5. The first kappa shape index (κ1) is 39.9. The van der Waals surface area contributed by atoms with Gasteiger partial charge in [-0.2, -0.15) is 0 Å².